The van der Waals surface area contributed by atoms with Gasteiger partial charge < -0.3 is 5.73 Å². The zero-order valence-electron chi connectivity index (χ0n) is 9.70. The van der Waals surface area contributed by atoms with E-state index in [1.807, 2.05) is 0 Å². The summed E-state index contributed by atoms with van der Waals surface area (Å²) in [6.45, 7) is 0. The highest BCUT2D eigenvalue weighted by Gasteiger charge is 2.12. The van der Waals surface area contributed by atoms with Gasteiger partial charge >= 0.3 is 0 Å². The van der Waals surface area contributed by atoms with Crippen LogP contribution in [0, 0.1) is 11.6 Å². The van der Waals surface area contributed by atoms with Gasteiger partial charge in [-0.2, -0.15) is 0 Å². The van der Waals surface area contributed by atoms with Crippen molar-refractivity contribution in [2.45, 2.75) is 10.6 Å². The molecule has 0 bridgehead atoms. The fourth-order valence-corrected chi connectivity index (χ4v) is 3.06. The quantitative estimate of drug-likeness (QED) is 0.882. The Morgan fingerprint density at radius 2 is 1.89 bits per heavy atom. The fourth-order valence-electron chi connectivity index (χ4n) is 1.56. The van der Waals surface area contributed by atoms with Crippen molar-refractivity contribution in [1.29, 1.82) is 0 Å². The third kappa shape index (κ3) is 3.30. The van der Waals surface area contributed by atoms with Crippen LogP contribution in [-0.2, 0) is 16.6 Å². The summed E-state index contributed by atoms with van der Waals surface area (Å²) in [7, 11) is -1.55. The van der Waals surface area contributed by atoms with Crippen molar-refractivity contribution < 1.29 is 13.0 Å². The highest BCUT2D eigenvalue weighted by molar-refractivity contribution is 7.84. The predicted molar refractivity (Wildman–Crippen MR) is 72.3 cm³/mol. The molecule has 1 atom stereocenters. The van der Waals surface area contributed by atoms with Gasteiger partial charge in [0.05, 0.1) is 21.4 Å². The molecular formula is C13H10ClF2NOS. The number of nitrogen functional groups attached to an aromatic ring is 1. The first-order valence-corrected chi connectivity index (χ1v) is 7.04. The van der Waals surface area contributed by atoms with Crippen LogP contribution in [0.15, 0.2) is 41.3 Å². The standard InChI is InChI=1S/C13H10ClF2NOS/c14-9-2-4-12(17)13(5-9)19(18)7-8-1-3-10(15)6-11(8)16/h1-6H,7,17H2. The largest absolute Gasteiger partial charge is 0.398 e. The van der Waals surface area contributed by atoms with Crippen LogP contribution < -0.4 is 5.73 Å². The second-order valence-corrected chi connectivity index (χ2v) is 5.76. The molecule has 2 N–H and O–H groups in total. The van der Waals surface area contributed by atoms with Gasteiger partial charge in [0.15, 0.2) is 0 Å². The predicted octanol–water partition coefficient (Wildman–Crippen LogP) is 3.51. The average Bonchev–Trinajstić information content (AvgIpc) is 2.35. The zero-order chi connectivity index (χ0) is 14.0. The normalized spacial score (nSPS) is 12.4. The third-order valence-electron chi connectivity index (χ3n) is 2.52. The molecule has 19 heavy (non-hydrogen) atoms. The summed E-state index contributed by atoms with van der Waals surface area (Å²) in [5.74, 6) is -1.49. The molecule has 0 saturated carbocycles. The SMILES string of the molecule is Nc1ccc(Cl)cc1S(=O)Cc1ccc(F)cc1F. The topological polar surface area (TPSA) is 43.1 Å². The fraction of sp³-hybridized carbons (Fsp3) is 0.0769. The smallest absolute Gasteiger partial charge is 0.130 e. The molecule has 0 amide bonds. The van der Waals surface area contributed by atoms with Gasteiger partial charge in [-0.3, -0.25) is 4.21 Å². The van der Waals surface area contributed by atoms with Crippen LogP contribution in [0.25, 0.3) is 0 Å². The van der Waals surface area contributed by atoms with Crippen LogP contribution in [0.2, 0.25) is 5.02 Å². The summed E-state index contributed by atoms with van der Waals surface area (Å²) in [5, 5.41) is 0.400. The summed E-state index contributed by atoms with van der Waals surface area (Å²) in [4.78, 5) is 0.344. The van der Waals surface area contributed by atoms with E-state index in [0.717, 1.165) is 12.1 Å². The number of anilines is 1. The minimum absolute atomic E-state index is 0.0867. The number of nitrogens with two attached hydrogens (primary N) is 1. The maximum Gasteiger partial charge on any atom is 0.130 e. The molecule has 2 rings (SSSR count). The molecule has 2 aromatic carbocycles. The maximum absolute atomic E-state index is 13.5. The van der Waals surface area contributed by atoms with Crippen LogP contribution in [0.4, 0.5) is 14.5 Å². The van der Waals surface area contributed by atoms with Gasteiger partial charge in [-0.25, -0.2) is 8.78 Å². The lowest BCUT2D eigenvalue weighted by Gasteiger charge is -2.07. The molecule has 0 aliphatic heterocycles. The van der Waals surface area contributed by atoms with Crippen molar-refractivity contribution in [3.8, 4) is 0 Å². The van der Waals surface area contributed by atoms with E-state index in [2.05, 4.69) is 0 Å². The van der Waals surface area contributed by atoms with Crippen LogP contribution in [0.3, 0.4) is 0 Å². The van der Waals surface area contributed by atoms with Crippen molar-refractivity contribution in [2.75, 3.05) is 5.73 Å². The lowest BCUT2D eigenvalue weighted by Crippen LogP contribution is -2.02. The lowest BCUT2D eigenvalue weighted by atomic mass is 10.2. The van der Waals surface area contributed by atoms with Crippen LogP contribution >= 0.6 is 11.6 Å². The summed E-state index contributed by atoms with van der Waals surface area (Å²) in [6.07, 6.45) is 0. The second kappa shape index (κ2) is 5.67. The maximum atomic E-state index is 13.5. The summed E-state index contributed by atoms with van der Waals surface area (Å²) in [5.41, 5.74) is 6.19. The number of hydrogen-bond donors (Lipinski definition) is 1. The van der Waals surface area contributed by atoms with Gasteiger partial charge in [0.2, 0.25) is 0 Å². The molecular weight excluding hydrogens is 292 g/mol. The number of halogens is 3. The number of rotatable bonds is 3. The highest BCUT2D eigenvalue weighted by Crippen LogP contribution is 2.24. The van der Waals surface area contributed by atoms with E-state index < -0.39 is 22.4 Å². The van der Waals surface area contributed by atoms with E-state index in [-0.39, 0.29) is 11.3 Å². The molecule has 1 unspecified atom stereocenters. The van der Waals surface area contributed by atoms with Gasteiger partial charge in [-0.15, -0.1) is 0 Å². The molecule has 100 valence electrons. The Morgan fingerprint density at radius 3 is 2.58 bits per heavy atom. The first kappa shape index (κ1) is 14.0. The van der Waals surface area contributed by atoms with E-state index in [1.165, 1.54) is 18.2 Å². The van der Waals surface area contributed by atoms with Gasteiger partial charge in [0, 0.05) is 22.3 Å². The molecule has 0 aliphatic rings. The molecule has 0 radical (unpaired) electrons. The van der Waals surface area contributed by atoms with Crippen molar-refractivity contribution >= 4 is 28.1 Å². The minimum atomic E-state index is -1.55. The molecule has 0 spiro atoms. The van der Waals surface area contributed by atoms with Crippen LogP contribution in [0.1, 0.15) is 5.56 Å². The van der Waals surface area contributed by atoms with Crippen molar-refractivity contribution in [3.05, 3.63) is 58.6 Å². The minimum Gasteiger partial charge on any atom is -0.398 e. The van der Waals surface area contributed by atoms with E-state index >= 15 is 0 Å². The van der Waals surface area contributed by atoms with Gasteiger partial charge in [0.1, 0.15) is 11.6 Å². The second-order valence-electron chi connectivity index (χ2n) is 3.91. The number of benzene rings is 2. The van der Waals surface area contributed by atoms with Crippen LogP contribution in [0.5, 0.6) is 0 Å². The van der Waals surface area contributed by atoms with Crippen LogP contribution in [-0.4, -0.2) is 4.21 Å². The van der Waals surface area contributed by atoms with E-state index in [0.29, 0.717) is 15.6 Å². The molecule has 2 aromatic rings. The monoisotopic (exact) mass is 301 g/mol. The van der Waals surface area contributed by atoms with Gasteiger partial charge in [-0.05, 0) is 24.3 Å². The molecule has 0 aromatic heterocycles. The molecule has 6 heteroatoms. The molecule has 0 aliphatic carbocycles. The Balaban J connectivity index is 2.28. The molecule has 2 nitrogen and oxygen atoms in total. The Bertz CT molecular complexity index is 649. The Kier molecular flexibility index (Phi) is 4.17. The first-order chi connectivity index (χ1) is 8.97. The Hall–Kier alpha value is -1.46. The Labute approximate surface area is 116 Å². The third-order valence-corrected chi connectivity index (χ3v) is 4.18. The van der Waals surface area contributed by atoms with E-state index in [4.69, 9.17) is 17.3 Å². The molecule has 0 heterocycles. The van der Waals surface area contributed by atoms with E-state index in [1.54, 1.807) is 6.07 Å². The Morgan fingerprint density at radius 1 is 1.16 bits per heavy atom. The molecule has 0 saturated heterocycles. The highest BCUT2D eigenvalue weighted by atomic mass is 35.5. The molecule has 0 fully saturated rings. The average molecular weight is 302 g/mol. The van der Waals surface area contributed by atoms with Gasteiger partial charge in [-0.1, -0.05) is 17.7 Å². The summed E-state index contributed by atoms with van der Waals surface area (Å²) >= 11 is 5.80. The first-order valence-electron chi connectivity index (χ1n) is 5.34. The summed E-state index contributed by atoms with van der Waals surface area (Å²) < 4.78 is 38.4. The van der Waals surface area contributed by atoms with Gasteiger partial charge in [0.25, 0.3) is 0 Å². The summed E-state index contributed by atoms with van der Waals surface area (Å²) in [6, 6.07) is 7.75. The zero-order valence-corrected chi connectivity index (χ0v) is 11.3. The van der Waals surface area contributed by atoms with E-state index in [9.17, 15) is 13.0 Å². The number of hydrogen-bond acceptors (Lipinski definition) is 2. The van der Waals surface area contributed by atoms with Crippen molar-refractivity contribution in [3.63, 3.8) is 0 Å². The lowest BCUT2D eigenvalue weighted by molar-refractivity contribution is 0.576. The van der Waals surface area contributed by atoms with Crippen molar-refractivity contribution in [1.82, 2.24) is 0 Å². The van der Waals surface area contributed by atoms with Crippen molar-refractivity contribution in [2.24, 2.45) is 0 Å².